The van der Waals surface area contributed by atoms with Gasteiger partial charge in [0.05, 0.1) is 6.61 Å². The lowest BCUT2D eigenvalue weighted by Crippen LogP contribution is -2.53. The number of nitrogens with zero attached hydrogens (tertiary/aromatic N) is 2. The molecule has 6 nitrogen and oxygen atoms in total. The van der Waals surface area contributed by atoms with Crippen molar-refractivity contribution >= 4 is 11.6 Å². The Morgan fingerprint density at radius 3 is 2.45 bits per heavy atom. The Morgan fingerprint density at radius 2 is 1.76 bits per heavy atom. The molecule has 4 rings (SSSR count). The van der Waals surface area contributed by atoms with E-state index in [1.54, 1.807) is 0 Å². The molecule has 0 bridgehead atoms. The van der Waals surface area contributed by atoms with Gasteiger partial charge in [0.2, 0.25) is 5.91 Å². The second kappa shape index (κ2) is 8.84. The summed E-state index contributed by atoms with van der Waals surface area (Å²) in [5.74, 6) is 1.07. The van der Waals surface area contributed by atoms with Crippen molar-refractivity contribution in [2.45, 2.75) is 32.4 Å². The van der Waals surface area contributed by atoms with Crippen molar-refractivity contribution in [3.63, 3.8) is 0 Å². The molecule has 2 aromatic carbocycles. The lowest BCUT2D eigenvalue weighted by molar-refractivity contribution is -0.133. The van der Waals surface area contributed by atoms with E-state index in [1.807, 2.05) is 24.0 Å². The van der Waals surface area contributed by atoms with Crippen LogP contribution in [0.1, 0.15) is 30.5 Å². The van der Waals surface area contributed by atoms with Crippen LogP contribution in [0.5, 0.6) is 5.75 Å². The Bertz CT molecular complexity index is 831. The highest BCUT2D eigenvalue weighted by atomic mass is 16.5. The van der Waals surface area contributed by atoms with Gasteiger partial charge in [-0.05, 0) is 49.6 Å². The highest BCUT2D eigenvalue weighted by molar-refractivity contribution is 5.82. The molecule has 2 aliphatic heterocycles. The van der Waals surface area contributed by atoms with E-state index in [9.17, 15) is 4.79 Å². The summed E-state index contributed by atoms with van der Waals surface area (Å²) in [5, 5.41) is 0. The zero-order chi connectivity index (χ0) is 20.2. The molecular formula is C23H30N4O2. The number of nitrogens with one attached hydrogen (secondary N) is 2. The van der Waals surface area contributed by atoms with Gasteiger partial charge in [0, 0.05) is 37.9 Å². The number of hydrogen-bond donors (Lipinski definition) is 2. The number of hydrogen-bond acceptors (Lipinski definition) is 5. The van der Waals surface area contributed by atoms with Crippen LogP contribution < -0.4 is 20.5 Å². The van der Waals surface area contributed by atoms with E-state index in [2.05, 4.69) is 59.1 Å². The smallest absolute Gasteiger partial charge is 0.241 e. The molecule has 2 aromatic rings. The average molecular weight is 395 g/mol. The number of hydrazine groups is 1. The predicted molar refractivity (Wildman–Crippen MR) is 115 cm³/mol. The number of amides is 1. The zero-order valence-corrected chi connectivity index (χ0v) is 17.2. The molecule has 2 saturated heterocycles. The summed E-state index contributed by atoms with van der Waals surface area (Å²) in [7, 11) is 0. The molecule has 2 atom stereocenters. The molecule has 2 heterocycles. The molecule has 2 N–H and O–H groups in total. The molecule has 2 fully saturated rings. The van der Waals surface area contributed by atoms with Crippen LogP contribution in [0.25, 0.3) is 0 Å². The van der Waals surface area contributed by atoms with Crippen LogP contribution in [0.15, 0.2) is 48.5 Å². The highest BCUT2D eigenvalue weighted by Gasteiger charge is 2.34. The van der Waals surface area contributed by atoms with Crippen LogP contribution in [0.4, 0.5) is 5.69 Å². The molecule has 0 spiro atoms. The Hall–Kier alpha value is -2.57. The van der Waals surface area contributed by atoms with Crippen molar-refractivity contribution in [2.75, 3.05) is 37.7 Å². The third kappa shape index (κ3) is 4.38. The molecule has 0 saturated carbocycles. The third-order valence-corrected chi connectivity index (χ3v) is 5.84. The molecule has 6 heteroatoms. The molecule has 1 amide bonds. The van der Waals surface area contributed by atoms with Gasteiger partial charge in [0.25, 0.3) is 0 Å². The molecule has 29 heavy (non-hydrogen) atoms. The molecule has 2 aliphatic rings. The topological polar surface area (TPSA) is 56.8 Å². The van der Waals surface area contributed by atoms with Gasteiger partial charge < -0.3 is 14.5 Å². The first-order valence-corrected chi connectivity index (χ1v) is 10.5. The fourth-order valence-corrected chi connectivity index (χ4v) is 4.21. The Morgan fingerprint density at radius 1 is 1.03 bits per heavy atom. The normalized spacial score (nSPS) is 22.0. The number of carbonyl (C=O) groups excluding carboxylic acids is 1. The fourth-order valence-electron chi connectivity index (χ4n) is 4.21. The first-order chi connectivity index (χ1) is 14.2. The van der Waals surface area contributed by atoms with E-state index in [1.165, 1.54) is 16.8 Å². The molecule has 0 aromatic heterocycles. The van der Waals surface area contributed by atoms with Gasteiger partial charge in [0.15, 0.2) is 0 Å². The minimum atomic E-state index is -0.184. The third-order valence-electron chi connectivity index (χ3n) is 5.84. The van der Waals surface area contributed by atoms with Crippen LogP contribution in [-0.2, 0) is 4.79 Å². The second-order valence-electron chi connectivity index (χ2n) is 7.73. The minimum Gasteiger partial charge on any atom is -0.494 e. The van der Waals surface area contributed by atoms with Gasteiger partial charge in [-0.25, -0.2) is 10.9 Å². The van der Waals surface area contributed by atoms with Gasteiger partial charge in [-0.15, -0.1) is 0 Å². The van der Waals surface area contributed by atoms with Crippen LogP contribution in [0.2, 0.25) is 0 Å². The molecule has 2 unspecified atom stereocenters. The Kier molecular flexibility index (Phi) is 6.02. The lowest BCUT2D eigenvalue weighted by Gasteiger charge is -2.37. The maximum absolute atomic E-state index is 13.0. The van der Waals surface area contributed by atoms with Gasteiger partial charge in [-0.1, -0.05) is 30.3 Å². The van der Waals surface area contributed by atoms with Crippen molar-refractivity contribution in [3.8, 4) is 5.75 Å². The van der Waals surface area contributed by atoms with Crippen molar-refractivity contribution in [3.05, 3.63) is 59.7 Å². The maximum atomic E-state index is 13.0. The quantitative estimate of drug-likeness (QED) is 0.817. The summed E-state index contributed by atoms with van der Waals surface area (Å²) >= 11 is 0. The molecular weight excluding hydrogens is 364 g/mol. The van der Waals surface area contributed by atoms with Gasteiger partial charge >= 0.3 is 0 Å². The summed E-state index contributed by atoms with van der Waals surface area (Å²) in [4.78, 5) is 17.4. The predicted octanol–water partition coefficient (Wildman–Crippen LogP) is 2.65. The number of ether oxygens (including phenoxy) is 1. The van der Waals surface area contributed by atoms with Gasteiger partial charge in [0.1, 0.15) is 11.8 Å². The molecule has 0 aliphatic carbocycles. The van der Waals surface area contributed by atoms with Crippen molar-refractivity contribution in [2.24, 2.45) is 0 Å². The van der Waals surface area contributed by atoms with Crippen molar-refractivity contribution < 1.29 is 9.53 Å². The van der Waals surface area contributed by atoms with Crippen molar-refractivity contribution in [1.82, 2.24) is 15.8 Å². The zero-order valence-electron chi connectivity index (χ0n) is 17.2. The number of piperazine rings is 1. The lowest BCUT2D eigenvalue weighted by atomic mass is 10.0. The summed E-state index contributed by atoms with van der Waals surface area (Å²) < 4.78 is 5.51. The van der Waals surface area contributed by atoms with Crippen LogP contribution in [0.3, 0.4) is 0 Å². The summed E-state index contributed by atoms with van der Waals surface area (Å²) in [6, 6.07) is 16.5. The van der Waals surface area contributed by atoms with Crippen molar-refractivity contribution in [1.29, 1.82) is 0 Å². The fraction of sp³-hybridized carbons (Fsp3) is 0.435. The summed E-state index contributed by atoms with van der Waals surface area (Å²) in [6.45, 7) is 8.06. The SMILES string of the molecule is CCOc1ccc(C2CC(C(=O)N3CCN(c4ccccc4C)CC3)NN2)cc1. The van der Waals surface area contributed by atoms with E-state index in [-0.39, 0.29) is 18.0 Å². The number of para-hydroxylation sites is 1. The Balaban J connectivity index is 1.31. The number of anilines is 1. The number of benzene rings is 2. The van der Waals surface area contributed by atoms with E-state index >= 15 is 0 Å². The number of rotatable bonds is 5. The maximum Gasteiger partial charge on any atom is 0.241 e. The first kappa shape index (κ1) is 19.7. The van der Waals surface area contributed by atoms with E-state index in [0.29, 0.717) is 6.61 Å². The Labute approximate surface area is 172 Å². The van der Waals surface area contributed by atoms with Gasteiger partial charge in [-0.2, -0.15) is 0 Å². The summed E-state index contributed by atoms with van der Waals surface area (Å²) in [5.41, 5.74) is 10.2. The largest absolute Gasteiger partial charge is 0.494 e. The number of aryl methyl sites for hydroxylation is 1. The average Bonchev–Trinajstić information content (AvgIpc) is 3.25. The second-order valence-corrected chi connectivity index (χ2v) is 7.73. The molecule has 0 radical (unpaired) electrons. The van der Waals surface area contributed by atoms with E-state index in [0.717, 1.165) is 38.3 Å². The minimum absolute atomic E-state index is 0.132. The van der Waals surface area contributed by atoms with Gasteiger partial charge in [-0.3, -0.25) is 4.79 Å². The van der Waals surface area contributed by atoms with Crippen LogP contribution in [0, 0.1) is 6.92 Å². The highest BCUT2D eigenvalue weighted by Crippen LogP contribution is 2.26. The van der Waals surface area contributed by atoms with E-state index < -0.39 is 0 Å². The molecule has 154 valence electrons. The number of carbonyl (C=O) groups is 1. The first-order valence-electron chi connectivity index (χ1n) is 10.5. The van der Waals surface area contributed by atoms with Crippen LogP contribution >= 0.6 is 0 Å². The van der Waals surface area contributed by atoms with E-state index in [4.69, 9.17) is 4.74 Å². The summed E-state index contributed by atoms with van der Waals surface area (Å²) in [6.07, 6.45) is 0.755. The standard InChI is InChI=1S/C23H30N4O2/c1-3-29-19-10-8-18(9-11-19)20-16-21(25-24-20)23(28)27-14-12-26(13-15-27)22-7-5-4-6-17(22)2/h4-11,20-21,24-25H,3,12-16H2,1-2H3. The van der Waals surface area contributed by atoms with Crippen LogP contribution in [-0.4, -0.2) is 49.6 Å². The monoisotopic (exact) mass is 394 g/mol.